The summed E-state index contributed by atoms with van der Waals surface area (Å²) in [4.78, 5) is 15.0. The van der Waals surface area contributed by atoms with E-state index in [4.69, 9.17) is 15.0 Å². The lowest BCUT2D eigenvalue weighted by Gasteiger charge is -2.17. The standard InChI is InChI=1S/C51H37N3/c1-2-10-34(11-3-1)35-20-26-39(27-21-35)50-48(38-22-18-36(19-23-38)43-30-42-13-5-9-17-49(42)52-32-43)33-53-51(54-50)40-28-24-37(25-29-40)47-31-41-12-4-6-14-44(41)45-15-7-8-16-46(45)47/h2,6-11,14-20,22-26,28-33H,1,3-5,12-13H2. The van der Waals surface area contributed by atoms with Crippen LogP contribution in [0, 0.1) is 12.1 Å². The first-order valence-electron chi connectivity index (χ1n) is 19.0. The Morgan fingerprint density at radius 1 is 0.500 bits per heavy atom. The van der Waals surface area contributed by atoms with Gasteiger partial charge in [0.1, 0.15) is 0 Å². The summed E-state index contributed by atoms with van der Waals surface area (Å²) in [6, 6.07) is 42.0. The number of pyridine rings is 1. The Bertz CT molecular complexity index is 2670. The molecule has 3 nitrogen and oxygen atoms in total. The van der Waals surface area contributed by atoms with Crippen LogP contribution in [0.5, 0.6) is 0 Å². The predicted octanol–water partition coefficient (Wildman–Crippen LogP) is 12.6. The molecule has 0 atom stereocenters. The third-order valence-electron chi connectivity index (χ3n) is 11.0. The van der Waals surface area contributed by atoms with E-state index in [2.05, 4.69) is 152 Å². The molecule has 10 rings (SSSR count). The van der Waals surface area contributed by atoms with Crippen molar-refractivity contribution in [3.8, 4) is 56.0 Å². The lowest BCUT2D eigenvalue weighted by molar-refractivity contribution is 0.965. The van der Waals surface area contributed by atoms with Crippen molar-refractivity contribution in [1.29, 1.82) is 0 Å². The van der Waals surface area contributed by atoms with Crippen LogP contribution in [0.1, 0.15) is 53.6 Å². The van der Waals surface area contributed by atoms with Gasteiger partial charge >= 0.3 is 0 Å². The highest BCUT2D eigenvalue weighted by atomic mass is 14.9. The van der Waals surface area contributed by atoms with Gasteiger partial charge in [0.25, 0.3) is 0 Å². The summed E-state index contributed by atoms with van der Waals surface area (Å²) >= 11 is 0. The number of aryl methyl sites for hydroxylation is 2. The summed E-state index contributed by atoms with van der Waals surface area (Å²) in [5.74, 6) is 0.682. The third kappa shape index (κ3) is 5.96. The molecule has 3 aliphatic carbocycles. The van der Waals surface area contributed by atoms with Gasteiger partial charge in [-0.3, -0.25) is 4.98 Å². The monoisotopic (exact) mass is 691 g/mol. The Labute approximate surface area is 316 Å². The van der Waals surface area contributed by atoms with Crippen molar-refractivity contribution < 1.29 is 0 Å². The minimum atomic E-state index is 0.682. The van der Waals surface area contributed by atoms with Gasteiger partial charge in [-0.1, -0.05) is 121 Å². The second-order valence-corrected chi connectivity index (χ2v) is 14.4. The number of benzene rings is 4. The first-order valence-corrected chi connectivity index (χ1v) is 19.0. The lowest BCUT2D eigenvalue weighted by atomic mass is 9.87. The predicted molar refractivity (Wildman–Crippen MR) is 223 cm³/mol. The van der Waals surface area contributed by atoms with Gasteiger partial charge in [-0.05, 0) is 124 Å². The van der Waals surface area contributed by atoms with Crippen molar-refractivity contribution in [3.05, 3.63) is 180 Å². The Morgan fingerprint density at radius 2 is 1.20 bits per heavy atom. The largest absolute Gasteiger partial charge is 0.256 e. The molecule has 0 saturated heterocycles. The zero-order valence-corrected chi connectivity index (χ0v) is 30.0. The number of hydrogen-bond acceptors (Lipinski definition) is 3. The van der Waals surface area contributed by atoms with E-state index < -0.39 is 0 Å². The normalized spacial score (nSPS) is 14.3. The van der Waals surface area contributed by atoms with Gasteiger partial charge < -0.3 is 0 Å². The average Bonchev–Trinajstić information content (AvgIpc) is 3.26. The second kappa shape index (κ2) is 13.7. The maximum atomic E-state index is 5.26. The smallest absolute Gasteiger partial charge is 0.159 e. The highest BCUT2D eigenvalue weighted by Gasteiger charge is 2.17. The van der Waals surface area contributed by atoms with Crippen LogP contribution in [0.2, 0.25) is 0 Å². The van der Waals surface area contributed by atoms with Crippen LogP contribution in [0.3, 0.4) is 0 Å². The van der Waals surface area contributed by atoms with Crippen LogP contribution in [0.25, 0.3) is 84.5 Å². The van der Waals surface area contributed by atoms with Crippen molar-refractivity contribution in [2.75, 3.05) is 0 Å². The molecule has 0 radical (unpaired) electrons. The average molecular weight is 692 g/mol. The molecule has 0 N–H and O–H groups in total. The van der Waals surface area contributed by atoms with Crippen LogP contribution in [0.4, 0.5) is 0 Å². The number of hydrogen-bond donors (Lipinski definition) is 0. The van der Waals surface area contributed by atoms with Crippen molar-refractivity contribution in [2.45, 2.75) is 38.5 Å². The minimum absolute atomic E-state index is 0.682. The van der Waals surface area contributed by atoms with Crippen LogP contribution in [-0.4, -0.2) is 15.0 Å². The molecule has 2 aromatic heterocycles. The molecule has 0 bridgehead atoms. The Balaban J connectivity index is 1.02. The maximum absolute atomic E-state index is 5.26. The van der Waals surface area contributed by atoms with Crippen molar-refractivity contribution >= 4 is 28.5 Å². The quantitative estimate of drug-likeness (QED) is 0.174. The summed E-state index contributed by atoms with van der Waals surface area (Å²) in [7, 11) is 0. The van der Waals surface area contributed by atoms with Gasteiger partial charge in [-0.25, -0.2) is 9.97 Å². The van der Waals surface area contributed by atoms with Crippen molar-refractivity contribution in [2.24, 2.45) is 0 Å². The number of aromatic nitrogens is 3. The van der Waals surface area contributed by atoms with E-state index in [9.17, 15) is 0 Å². The van der Waals surface area contributed by atoms with E-state index in [1.807, 2.05) is 12.4 Å². The second-order valence-electron chi connectivity index (χ2n) is 14.4. The number of fused-ring (bicyclic) bond motifs is 4. The van der Waals surface area contributed by atoms with Gasteiger partial charge in [0, 0.05) is 34.6 Å². The summed E-state index contributed by atoms with van der Waals surface area (Å²) in [5.41, 5.74) is 16.8. The molecule has 7 aromatic rings. The molecule has 256 valence electrons. The minimum Gasteiger partial charge on any atom is -0.256 e. The van der Waals surface area contributed by atoms with E-state index in [1.165, 1.54) is 44.2 Å². The molecule has 3 heteroatoms. The summed E-state index contributed by atoms with van der Waals surface area (Å²) in [6.45, 7) is 0. The topological polar surface area (TPSA) is 38.7 Å². The lowest BCUT2D eigenvalue weighted by Crippen LogP contribution is -1.98. The van der Waals surface area contributed by atoms with Gasteiger partial charge in [-0.15, -0.1) is 0 Å². The summed E-state index contributed by atoms with van der Waals surface area (Å²) < 4.78 is 0. The Kier molecular flexibility index (Phi) is 8.15. The van der Waals surface area contributed by atoms with Crippen molar-refractivity contribution in [3.63, 3.8) is 0 Å². The number of rotatable bonds is 6. The van der Waals surface area contributed by atoms with Crippen LogP contribution >= 0.6 is 0 Å². The molecular weight excluding hydrogens is 655 g/mol. The first-order chi connectivity index (χ1) is 26.7. The van der Waals surface area contributed by atoms with Crippen LogP contribution in [0.15, 0.2) is 140 Å². The zero-order chi connectivity index (χ0) is 35.8. The molecule has 2 heterocycles. The molecule has 0 spiro atoms. The zero-order valence-electron chi connectivity index (χ0n) is 30.0. The van der Waals surface area contributed by atoms with Crippen molar-refractivity contribution in [1.82, 2.24) is 15.0 Å². The van der Waals surface area contributed by atoms with E-state index in [1.54, 1.807) is 0 Å². The fraction of sp³-hybridized carbons (Fsp3) is 0.118. The SMILES string of the molecule is c1c(C2=CCCC=C2)ccc(-c2nc(-c3ccc(-c4cc5c(c6ccccc46)C=CCC5)cc3)ncc2-c2ccc(-c3cnc4c(c3)CCC=C4)cc2)c#1. The van der Waals surface area contributed by atoms with E-state index in [0.29, 0.717) is 5.82 Å². The highest BCUT2D eigenvalue weighted by Crippen LogP contribution is 2.38. The summed E-state index contributed by atoms with van der Waals surface area (Å²) in [6.07, 6.45) is 25.9. The number of nitrogens with zero attached hydrogens (tertiary/aromatic N) is 3. The molecule has 0 amide bonds. The molecule has 3 aliphatic rings. The molecule has 0 aliphatic heterocycles. The van der Waals surface area contributed by atoms with E-state index in [0.717, 1.165) is 88.9 Å². The van der Waals surface area contributed by atoms with E-state index in [-0.39, 0.29) is 0 Å². The third-order valence-corrected chi connectivity index (χ3v) is 11.0. The fourth-order valence-corrected chi connectivity index (χ4v) is 8.08. The van der Waals surface area contributed by atoms with Crippen LogP contribution < -0.4 is 0 Å². The van der Waals surface area contributed by atoms with Gasteiger partial charge in [-0.2, -0.15) is 0 Å². The molecule has 0 fully saturated rings. The van der Waals surface area contributed by atoms with Crippen LogP contribution in [-0.2, 0) is 12.8 Å². The Hall–Kier alpha value is -6.63. The molecular formula is C51H37N3. The molecule has 54 heavy (non-hydrogen) atoms. The highest BCUT2D eigenvalue weighted by molar-refractivity contribution is 6.02. The number of allylic oxidation sites excluding steroid dienone is 6. The summed E-state index contributed by atoms with van der Waals surface area (Å²) in [5, 5.41) is 2.59. The molecule has 0 unspecified atom stereocenters. The molecule has 5 aromatic carbocycles. The van der Waals surface area contributed by atoms with Gasteiger partial charge in [0.15, 0.2) is 5.82 Å². The maximum Gasteiger partial charge on any atom is 0.159 e. The van der Waals surface area contributed by atoms with Gasteiger partial charge in [0.2, 0.25) is 0 Å². The fourth-order valence-electron chi connectivity index (χ4n) is 8.08. The Morgan fingerprint density at radius 3 is 2.00 bits per heavy atom. The van der Waals surface area contributed by atoms with Gasteiger partial charge in [0.05, 0.1) is 17.0 Å². The first kappa shape index (κ1) is 32.1. The van der Waals surface area contributed by atoms with E-state index >= 15 is 0 Å². The molecule has 0 saturated carbocycles.